The SMILES string of the molecule is CCC(NC(=O)c1ccc2c(=O)n3c(nc2c1)CCCCCC3)c1ncc(-c2ccccc2)[nH]1. The van der Waals surface area contributed by atoms with E-state index in [1.807, 2.05) is 41.8 Å². The number of benzene rings is 2. The molecular formula is C27H29N5O2. The molecule has 7 heteroatoms. The van der Waals surface area contributed by atoms with Crippen LogP contribution in [0.25, 0.3) is 22.2 Å². The Bertz CT molecular complexity index is 1370. The number of aryl methyl sites for hydroxylation is 1. The molecule has 1 aliphatic rings. The van der Waals surface area contributed by atoms with Gasteiger partial charge in [0.05, 0.1) is 28.8 Å². The summed E-state index contributed by atoms with van der Waals surface area (Å²) in [5.41, 5.74) is 3.02. The van der Waals surface area contributed by atoms with Gasteiger partial charge in [0.1, 0.15) is 11.6 Å². The van der Waals surface area contributed by atoms with E-state index in [4.69, 9.17) is 4.98 Å². The second kappa shape index (κ2) is 9.63. The topological polar surface area (TPSA) is 92.7 Å². The average molecular weight is 456 g/mol. The van der Waals surface area contributed by atoms with Crippen LogP contribution in [-0.2, 0) is 13.0 Å². The zero-order valence-electron chi connectivity index (χ0n) is 19.4. The molecule has 0 saturated carbocycles. The summed E-state index contributed by atoms with van der Waals surface area (Å²) in [7, 11) is 0. The lowest BCUT2D eigenvalue weighted by atomic mass is 10.1. The number of rotatable bonds is 5. The lowest BCUT2D eigenvalue weighted by molar-refractivity contribution is 0.0934. The van der Waals surface area contributed by atoms with Gasteiger partial charge in [0, 0.05) is 18.5 Å². The summed E-state index contributed by atoms with van der Waals surface area (Å²) in [6, 6.07) is 14.9. The Morgan fingerprint density at radius 2 is 1.94 bits per heavy atom. The minimum atomic E-state index is -0.255. The van der Waals surface area contributed by atoms with Gasteiger partial charge in [0.15, 0.2) is 0 Å². The molecule has 4 aromatic rings. The van der Waals surface area contributed by atoms with Crippen molar-refractivity contribution in [2.75, 3.05) is 0 Å². The molecule has 2 aromatic heterocycles. The summed E-state index contributed by atoms with van der Waals surface area (Å²) in [6.45, 7) is 2.72. The van der Waals surface area contributed by atoms with Crippen molar-refractivity contribution in [3.8, 4) is 11.3 Å². The van der Waals surface area contributed by atoms with Crippen LogP contribution in [0, 0.1) is 0 Å². The van der Waals surface area contributed by atoms with E-state index in [2.05, 4.69) is 15.3 Å². The van der Waals surface area contributed by atoms with Crippen LogP contribution in [0.3, 0.4) is 0 Å². The molecule has 0 aliphatic carbocycles. The molecule has 0 spiro atoms. The maximum Gasteiger partial charge on any atom is 0.261 e. The fraction of sp³-hybridized carbons (Fsp3) is 0.333. The van der Waals surface area contributed by atoms with Crippen molar-refractivity contribution in [1.29, 1.82) is 0 Å². The number of nitrogens with one attached hydrogen (secondary N) is 2. The van der Waals surface area contributed by atoms with Crippen LogP contribution in [-0.4, -0.2) is 25.4 Å². The highest BCUT2D eigenvalue weighted by Crippen LogP contribution is 2.22. The van der Waals surface area contributed by atoms with Crippen molar-refractivity contribution in [1.82, 2.24) is 24.8 Å². The van der Waals surface area contributed by atoms with Crippen LogP contribution in [0.5, 0.6) is 0 Å². The van der Waals surface area contributed by atoms with Gasteiger partial charge in [0.25, 0.3) is 11.5 Å². The number of aromatic amines is 1. The molecule has 1 amide bonds. The van der Waals surface area contributed by atoms with Crippen LogP contribution >= 0.6 is 0 Å². The molecule has 7 nitrogen and oxygen atoms in total. The van der Waals surface area contributed by atoms with Crippen molar-refractivity contribution in [3.63, 3.8) is 0 Å². The number of imidazole rings is 1. The number of hydrogen-bond donors (Lipinski definition) is 2. The second-order valence-electron chi connectivity index (χ2n) is 8.86. The van der Waals surface area contributed by atoms with E-state index in [0.29, 0.717) is 35.3 Å². The first-order valence-electron chi connectivity index (χ1n) is 12.1. The van der Waals surface area contributed by atoms with Gasteiger partial charge < -0.3 is 10.3 Å². The van der Waals surface area contributed by atoms with Crippen molar-refractivity contribution in [3.05, 3.63) is 82.3 Å². The number of nitrogens with zero attached hydrogens (tertiary/aromatic N) is 3. The molecule has 5 rings (SSSR count). The van der Waals surface area contributed by atoms with Gasteiger partial charge in [-0.15, -0.1) is 0 Å². The number of carbonyl (C=O) groups is 1. The van der Waals surface area contributed by atoms with Crippen LogP contribution < -0.4 is 10.9 Å². The van der Waals surface area contributed by atoms with Crippen LogP contribution in [0.1, 0.15) is 67.1 Å². The number of fused-ring (bicyclic) bond motifs is 2. The molecular weight excluding hydrogens is 426 g/mol. The standard InChI is InChI=1S/C27H29N5O2/c1-2-21(25-28-17-23(30-25)18-10-6-5-7-11-18)31-26(33)19-13-14-20-22(16-19)29-24-12-8-3-4-9-15-32(24)27(20)34/h5-7,10-11,13-14,16-17,21H,2-4,8-9,12,15H2,1H3,(H,28,30)(H,31,33). The number of aromatic nitrogens is 4. The third kappa shape index (κ3) is 4.38. The summed E-state index contributed by atoms with van der Waals surface area (Å²) >= 11 is 0. The summed E-state index contributed by atoms with van der Waals surface area (Å²) < 4.78 is 1.82. The molecule has 0 bridgehead atoms. The van der Waals surface area contributed by atoms with Crippen molar-refractivity contribution in [2.45, 2.75) is 58.0 Å². The summed E-state index contributed by atoms with van der Waals surface area (Å²) in [6.07, 6.45) is 7.61. The number of amides is 1. The van der Waals surface area contributed by atoms with Crippen molar-refractivity contribution in [2.24, 2.45) is 0 Å². The van der Waals surface area contributed by atoms with Crippen LogP contribution in [0.4, 0.5) is 0 Å². The first kappa shape index (κ1) is 22.1. The quantitative estimate of drug-likeness (QED) is 0.453. The van der Waals surface area contributed by atoms with Crippen molar-refractivity contribution < 1.29 is 4.79 Å². The molecule has 2 N–H and O–H groups in total. The normalized spacial score (nSPS) is 14.7. The monoisotopic (exact) mass is 455 g/mol. The lowest BCUT2D eigenvalue weighted by Gasteiger charge is -2.17. The third-order valence-corrected chi connectivity index (χ3v) is 6.55. The highest BCUT2D eigenvalue weighted by molar-refractivity contribution is 5.97. The molecule has 0 saturated heterocycles. The smallest absolute Gasteiger partial charge is 0.261 e. The van der Waals surface area contributed by atoms with Crippen LogP contribution in [0.15, 0.2) is 59.5 Å². The average Bonchev–Trinajstić information content (AvgIpc) is 3.34. The molecule has 2 aromatic carbocycles. The largest absolute Gasteiger partial charge is 0.342 e. The predicted octanol–water partition coefficient (Wildman–Crippen LogP) is 4.78. The zero-order valence-corrected chi connectivity index (χ0v) is 19.4. The molecule has 34 heavy (non-hydrogen) atoms. The first-order valence-corrected chi connectivity index (χ1v) is 12.1. The molecule has 1 unspecified atom stereocenters. The Kier molecular flexibility index (Phi) is 6.25. The maximum atomic E-state index is 13.1. The van der Waals surface area contributed by atoms with Gasteiger partial charge in [0.2, 0.25) is 0 Å². The molecule has 0 radical (unpaired) electrons. The number of hydrogen-bond acceptors (Lipinski definition) is 4. The highest BCUT2D eigenvalue weighted by atomic mass is 16.1. The zero-order chi connectivity index (χ0) is 23.5. The minimum absolute atomic E-state index is 0.00989. The van der Waals surface area contributed by atoms with Gasteiger partial charge in [-0.1, -0.05) is 50.1 Å². The highest BCUT2D eigenvalue weighted by Gasteiger charge is 2.19. The predicted molar refractivity (Wildman–Crippen MR) is 133 cm³/mol. The minimum Gasteiger partial charge on any atom is -0.342 e. The van der Waals surface area contributed by atoms with E-state index in [0.717, 1.165) is 49.2 Å². The Morgan fingerprint density at radius 1 is 1.12 bits per heavy atom. The second-order valence-corrected chi connectivity index (χ2v) is 8.86. The first-order chi connectivity index (χ1) is 16.6. The fourth-order valence-corrected chi connectivity index (χ4v) is 4.62. The van der Waals surface area contributed by atoms with Crippen molar-refractivity contribution >= 4 is 16.8 Å². The fourth-order valence-electron chi connectivity index (χ4n) is 4.62. The summed E-state index contributed by atoms with van der Waals surface area (Å²) in [5, 5.41) is 3.64. The van der Waals surface area contributed by atoms with E-state index in [1.54, 1.807) is 24.4 Å². The summed E-state index contributed by atoms with van der Waals surface area (Å²) in [4.78, 5) is 38.8. The van der Waals surface area contributed by atoms with Gasteiger partial charge in [-0.25, -0.2) is 9.97 Å². The third-order valence-electron chi connectivity index (χ3n) is 6.55. The van der Waals surface area contributed by atoms with E-state index in [9.17, 15) is 9.59 Å². The van der Waals surface area contributed by atoms with E-state index in [-0.39, 0.29) is 17.5 Å². The molecule has 3 heterocycles. The Hall–Kier alpha value is -3.74. The molecule has 1 atom stereocenters. The van der Waals surface area contributed by atoms with Gasteiger partial charge >= 0.3 is 0 Å². The Morgan fingerprint density at radius 3 is 2.76 bits per heavy atom. The number of carbonyl (C=O) groups excluding carboxylic acids is 1. The molecule has 0 fully saturated rings. The van der Waals surface area contributed by atoms with Gasteiger partial charge in [-0.3, -0.25) is 14.2 Å². The number of H-pyrrole nitrogens is 1. The van der Waals surface area contributed by atoms with Gasteiger partial charge in [-0.05, 0) is 43.0 Å². The Labute approximate surface area is 198 Å². The molecule has 1 aliphatic heterocycles. The maximum absolute atomic E-state index is 13.1. The van der Waals surface area contributed by atoms with E-state index >= 15 is 0 Å². The Balaban J connectivity index is 1.40. The lowest BCUT2D eigenvalue weighted by Crippen LogP contribution is -2.29. The van der Waals surface area contributed by atoms with Crippen LogP contribution in [0.2, 0.25) is 0 Å². The van der Waals surface area contributed by atoms with E-state index in [1.165, 1.54) is 0 Å². The summed E-state index contributed by atoms with van der Waals surface area (Å²) in [5.74, 6) is 1.33. The van der Waals surface area contributed by atoms with Gasteiger partial charge in [-0.2, -0.15) is 0 Å². The molecule has 174 valence electrons. The van der Waals surface area contributed by atoms with E-state index < -0.39 is 0 Å².